The van der Waals surface area contributed by atoms with E-state index in [1.165, 1.54) is 29.5 Å². The van der Waals surface area contributed by atoms with Crippen LogP contribution >= 0.6 is 11.3 Å². The standard InChI is InChI=1S/C19H19N5O6S2/c25-19(23-14-3-1-5-17(9-14)30-11-15-12-31-13-21-15)20-7-8-22-32(28,29)18-6-2-4-16(10-18)24(26)27/h1-6,9-10,12-13,22H,7-8,11H2,(H2,20,23,25). The van der Waals surface area contributed by atoms with Crippen molar-refractivity contribution in [1.82, 2.24) is 15.0 Å². The Kier molecular flexibility index (Phi) is 7.70. The highest BCUT2D eigenvalue weighted by Gasteiger charge is 2.17. The number of anilines is 1. The highest BCUT2D eigenvalue weighted by Crippen LogP contribution is 2.19. The Labute approximate surface area is 187 Å². The first-order chi connectivity index (χ1) is 15.3. The molecule has 2 aromatic carbocycles. The molecule has 13 heteroatoms. The second kappa shape index (κ2) is 10.7. The van der Waals surface area contributed by atoms with Crippen LogP contribution in [0, 0.1) is 10.1 Å². The van der Waals surface area contributed by atoms with Crippen molar-refractivity contribution >= 4 is 38.8 Å². The summed E-state index contributed by atoms with van der Waals surface area (Å²) in [6.45, 7) is 0.207. The van der Waals surface area contributed by atoms with Crippen LogP contribution in [-0.4, -0.2) is 37.4 Å². The molecule has 1 aromatic heterocycles. The molecule has 0 atom stereocenters. The van der Waals surface area contributed by atoms with Gasteiger partial charge in [-0.15, -0.1) is 11.3 Å². The number of nitro benzene ring substituents is 1. The van der Waals surface area contributed by atoms with E-state index in [0.717, 1.165) is 11.8 Å². The highest BCUT2D eigenvalue weighted by atomic mass is 32.2. The fourth-order valence-electron chi connectivity index (χ4n) is 2.51. The van der Waals surface area contributed by atoms with Crippen LogP contribution in [-0.2, 0) is 16.6 Å². The molecule has 168 valence electrons. The second-order valence-corrected chi connectivity index (χ2v) is 8.82. The number of carbonyl (C=O) groups is 1. The van der Waals surface area contributed by atoms with Crippen LogP contribution in [0.4, 0.5) is 16.2 Å². The van der Waals surface area contributed by atoms with Crippen molar-refractivity contribution < 1.29 is 22.9 Å². The maximum atomic E-state index is 12.2. The van der Waals surface area contributed by atoms with Gasteiger partial charge in [0.15, 0.2) is 0 Å². The Morgan fingerprint density at radius 3 is 2.72 bits per heavy atom. The lowest BCUT2D eigenvalue weighted by Crippen LogP contribution is -2.36. The Hall–Kier alpha value is -3.55. The van der Waals surface area contributed by atoms with E-state index < -0.39 is 21.0 Å². The molecule has 0 saturated heterocycles. The number of nitrogens with one attached hydrogen (secondary N) is 3. The SMILES string of the molecule is O=C(NCCNS(=O)(=O)c1cccc([N+](=O)[O-])c1)Nc1cccc(OCc2cscn2)c1. The zero-order chi connectivity index (χ0) is 23.0. The first-order valence-electron chi connectivity index (χ1n) is 9.22. The Morgan fingerprint density at radius 2 is 1.97 bits per heavy atom. The van der Waals surface area contributed by atoms with Gasteiger partial charge in [0.1, 0.15) is 12.4 Å². The molecule has 11 nitrogen and oxygen atoms in total. The minimum absolute atomic E-state index is 0.00000633. The zero-order valence-corrected chi connectivity index (χ0v) is 18.2. The second-order valence-electron chi connectivity index (χ2n) is 6.33. The van der Waals surface area contributed by atoms with Gasteiger partial charge in [-0.05, 0) is 18.2 Å². The minimum atomic E-state index is -3.95. The summed E-state index contributed by atoms with van der Waals surface area (Å²) in [5.74, 6) is 0.556. The molecule has 0 aliphatic carbocycles. The number of hydrogen-bond acceptors (Lipinski definition) is 8. The zero-order valence-electron chi connectivity index (χ0n) is 16.6. The van der Waals surface area contributed by atoms with Gasteiger partial charge in [0.2, 0.25) is 10.0 Å². The lowest BCUT2D eigenvalue weighted by atomic mass is 10.3. The average Bonchev–Trinajstić information content (AvgIpc) is 3.29. The number of nitrogens with zero attached hydrogens (tertiary/aromatic N) is 2. The minimum Gasteiger partial charge on any atom is -0.487 e. The molecular weight excluding hydrogens is 458 g/mol. The molecule has 0 aliphatic heterocycles. The van der Waals surface area contributed by atoms with E-state index in [2.05, 4.69) is 20.3 Å². The van der Waals surface area contributed by atoms with Gasteiger partial charge in [0.05, 0.1) is 21.0 Å². The first-order valence-corrected chi connectivity index (χ1v) is 11.6. The molecular formula is C19H19N5O6S2. The fraction of sp³-hybridized carbons (Fsp3) is 0.158. The Morgan fingerprint density at radius 1 is 1.16 bits per heavy atom. The summed E-state index contributed by atoms with van der Waals surface area (Å²) in [7, 11) is -3.95. The van der Waals surface area contributed by atoms with Gasteiger partial charge >= 0.3 is 6.03 Å². The van der Waals surface area contributed by atoms with E-state index >= 15 is 0 Å². The molecule has 2 amide bonds. The maximum Gasteiger partial charge on any atom is 0.319 e. The first kappa shape index (κ1) is 23.1. The van der Waals surface area contributed by atoms with Gasteiger partial charge in [-0.3, -0.25) is 10.1 Å². The number of sulfonamides is 1. The molecule has 1 heterocycles. The van der Waals surface area contributed by atoms with Gasteiger partial charge in [-0.25, -0.2) is 22.9 Å². The number of non-ortho nitro benzene ring substituents is 1. The van der Waals surface area contributed by atoms with Crippen LogP contribution in [0.15, 0.2) is 64.3 Å². The van der Waals surface area contributed by atoms with E-state index in [1.807, 2.05) is 5.38 Å². The monoisotopic (exact) mass is 477 g/mol. The molecule has 0 spiro atoms. The highest BCUT2D eigenvalue weighted by molar-refractivity contribution is 7.89. The van der Waals surface area contributed by atoms with Crippen LogP contribution in [0.1, 0.15) is 5.69 Å². The number of amides is 2. The number of hydrogen-bond donors (Lipinski definition) is 3. The van der Waals surface area contributed by atoms with E-state index in [4.69, 9.17) is 4.74 Å². The largest absolute Gasteiger partial charge is 0.487 e. The quantitative estimate of drug-likeness (QED) is 0.231. The average molecular weight is 478 g/mol. The van der Waals surface area contributed by atoms with Crippen molar-refractivity contribution in [3.05, 3.63) is 75.2 Å². The predicted octanol–water partition coefficient (Wildman–Crippen LogP) is 2.73. The van der Waals surface area contributed by atoms with Gasteiger partial charge in [-0.1, -0.05) is 12.1 Å². The molecule has 32 heavy (non-hydrogen) atoms. The van der Waals surface area contributed by atoms with Gasteiger partial charge in [0.25, 0.3) is 5.69 Å². The van der Waals surface area contributed by atoms with E-state index in [0.29, 0.717) is 18.0 Å². The molecule has 3 aromatic rings. The van der Waals surface area contributed by atoms with Crippen LogP contribution in [0.25, 0.3) is 0 Å². The molecule has 3 rings (SSSR count). The summed E-state index contributed by atoms with van der Waals surface area (Å²) in [6, 6.07) is 11.0. The number of rotatable bonds is 10. The summed E-state index contributed by atoms with van der Waals surface area (Å²) in [6.07, 6.45) is 0. The van der Waals surface area contributed by atoms with Crippen molar-refractivity contribution in [3.8, 4) is 5.75 Å². The third-order valence-electron chi connectivity index (χ3n) is 4.00. The van der Waals surface area contributed by atoms with Crippen molar-refractivity contribution in [2.45, 2.75) is 11.5 Å². The van der Waals surface area contributed by atoms with E-state index in [9.17, 15) is 23.3 Å². The van der Waals surface area contributed by atoms with E-state index in [1.54, 1.807) is 29.8 Å². The Bertz CT molecular complexity index is 1180. The van der Waals surface area contributed by atoms with Crippen molar-refractivity contribution in [3.63, 3.8) is 0 Å². The number of nitro groups is 1. The molecule has 3 N–H and O–H groups in total. The molecule has 0 radical (unpaired) electrons. The van der Waals surface area contributed by atoms with Gasteiger partial charge in [-0.2, -0.15) is 0 Å². The van der Waals surface area contributed by atoms with Crippen LogP contribution in [0.5, 0.6) is 5.75 Å². The molecule has 0 saturated carbocycles. The predicted molar refractivity (Wildman–Crippen MR) is 118 cm³/mol. The fourth-order valence-corrected chi connectivity index (χ4v) is 4.13. The lowest BCUT2D eigenvalue weighted by molar-refractivity contribution is -0.385. The topological polar surface area (TPSA) is 153 Å². The smallest absolute Gasteiger partial charge is 0.319 e. The normalized spacial score (nSPS) is 11.0. The summed E-state index contributed by atoms with van der Waals surface area (Å²) >= 11 is 1.47. The van der Waals surface area contributed by atoms with E-state index in [-0.39, 0.29) is 23.7 Å². The number of benzene rings is 2. The Balaban J connectivity index is 1.44. The van der Waals surface area contributed by atoms with Crippen molar-refractivity contribution in [2.24, 2.45) is 0 Å². The van der Waals surface area contributed by atoms with Crippen LogP contribution in [0.3, 0.4) is 0 Å². The number of carbonyl (C=O) groups excluding carboxylic acids is 1. The van der Waals surface area contributed by atoms with Gasteiger partial charge < -0.3 is 15.4 Å². The number of aromatic nitrogens is 1. The summed E-state index contributed by atoms with van der Waals surface area (Å²) in [4.78, 5) is 26.1. The summed E-state index contributed by atoms with van der Waals surface area (Å²) in [5, 5.41) is 17.8. The van der Waals surface area contributed by atoms with Crippen molar-refractivity contribution in [1.29, 1.82) is 0 Å². The van der Waals surface area contributed by atoms with Crippen LogP contribution in [0.2, 0.25) is 0 Å². The third-order valence-corrected chi connectivity index (χ3v) is 6.10. The number of urea groups is 1. The van der Waals surface area contributed by atoms with Crippen LogP contribution < -0.4 is 20.1 Å². The summed E-state index contributed by atoms with van der Waals surface area (Å²) in [5.41, 5.74) is 2.68. The lowest BCUT2D eigenvalue weighted by Gasteiger charge is -2.10. The number of thiazole rings is 1. The maximum absolute atomic E-state index is 12.2. The van der Waals surface area contributed by atoms with Crippen molar-refractivity contribution in [2.75, 3.05) is 18.4 Å². The van der Waals surface area contributed by atoms with Gasteiger partial charge in [0, 0.05) is 42.4 Å². The molecule has 0 bridgehead atoms. The molecule has 0 fully saturated rings. The molecule has 0 aliphatic rings. The third kappa shape index (κ3) is 6.73. The molecule has 0 unspecified atom stereocenters. The summed E-state index contributed by atoms with van der Waals surface area (Å²) < 4.78 is 32.4. The number of ether oxygens (including phenoxy) is 1.